The Kier molecular flexibility index (Phi) is 3.92. The van der Waals surface area contributed by atoms with Crippen LogP contribution >= 0.6 is 7.52 Å². The molecule has 13 heavy (non-hydrogen) atoms. The highest BCUT2D eigenvalue weighted by Gasteiger charge is 2.35. The largest absolute Gasteiger partial charge is 0.383 e. The van der Waals surface area contributed by atoms with E-state index in [1.807, 2.05) is 4.67 Å². The number of nitrogens with zero attached hydrogens (tertiary/aromatic N) is 1. The van der Waals surface area contributed by atoms with Crippen LogP contribution in [0.5, 0.6) is 0 Å². The third kappa shape index (κ3) is 2.53. The zero-order valence-corrected chi connectivity index (χ0v) is 9.42. The van der Waals surface area contributed by atoms with Crippen LogP contribution in [0.4, 0.5) is 0 Å². The summed E-state index contributed by atoms with van der Waals surface area (Å²) in [7, 11) is 0.620. The summed E-state index contributed by atoms with van der Waals surface area (Å²) in [5, 5.41) is 0. The van der Waals surface area contributed by atoms with Crippen LogP contribution in [0.3, 0.4) is 0 Å². The fraction of sp³-hybridized carbons (Fsp3) is 1.00. The lowest BCUT2D eigenvalue weighted by Gasteiger charge is -2.28. The normalized spacial score (nSPS) is 29.0. The molecule has 4 nitrogen and oxygen atoms in total. The molecule has 0 saturated carbocycles. The summed E-state index contributed by atoms with van der Waals surface area (Å²) in [5.41, 5.74) is 0. The molecular formula is C8H18NO3P. The third-order valence-electron chi connectivity index (χ3n) is 2.51. The van der Waals surface area contributed by atoms with E-state index >= 15 is 0 Å². The number of rotatable bonds is 4. The second-order valence-corrected chi connectivity index (χ2v) is 5.88. The molecule has 0 spiro atoms. The molecule has 1 rings (SSSR count). The zero-order valence-electron chi connectivity index (χ0n) is 8.52. The van der Waals surface area contributed by atoms with Crippen molar-refractivity contribution in [2.45, 2.75) is 18.9 Å². The molecule has 1 saturated heterocycles. The van der Waals surface area contributed by atoms with Crippen molar-refractivity contribution in [1.29, 1.82) is 0 Å². The van der Waals surface area contributed by atoms with Gasteiger partial charge < -0.3 is 9.26 Å². The molecular weight excluding hydrogens is 189 g/mol. The van der Waals surface area contributed by atoms with E-state index in [9.17, 15) is 4.57 Å². The molecule has 0 aromatic heterocycles. The molecule has 1 aliphatic heterocycles. The quantitative estimate of drug-likeness (QED) is 0.656. The molecule has 1 fully saturated rings. The average molecular weight is 207 g/mol. The van der Waals surface area contributed by atoms with E-state index in [4.69, 9.17) is 9.26 Å². The van der Waals surface area contributed by atoms with Gasteiger partial charge in [-0.25, -0.2) is 4.67 Å². The first-order valence-electron chi connectivity index (χ1n) is 4.51. The Morgan fingerprint density at radius 2 is 2.23 bits per heavy atom. The molecule has 2 atom stereocenters. The molecule has 0 bridgehead atoms. The van der Waals surface area contributed by atoms with Crippen molar-refractivity contribution in [3.8, 4) is 0 Å². The summed E-state index contributed by atoms with van der Waals surface area (Å²) in [6, 6.07) is 0.265. The van der Waals surface area contributed by atoms with Gasteiger partial charge in [0.1, 0.15) is 0 Å². The van der Waals surface area contributed by atoms with Gasteiger partial charge in [-0.1, -0.05) is 0 Å². The van der Waals surface area contributed by atoms with Gasteiger partial charge in [0.15, 0.2) is 0 Å². The summed E-state index contributed by atoms with van der Waals surface area (Å²) in [4.78, 5) is 0. The van der Waals surface area contributed by atoms with Gasteiger partial charge >= 0.3 is 0 Å². The fourth-order valence-electron chi connectivity index (χ4n) is 1.77. The van der Waals surface area contributed by atoms with E-state index < -0.39 is 7.52 Å². The lowest BCUT2D eigenvalue weighted by molar-refractivity contribution is 0.142. The second kappa shape index (κ2) is 4.56. The zero-order chi connectivity index (χ0) is 9.90. The van der Waals surface area contributed by atoms with E-state index in [1.54, 1.807) is 13.8 Å². The summed E-state index contributed by atoms with van der Waals surface area (Å²) < 4.78 is 24.0. The van der Waals surface area contributed by atoms with E-state index in [-0.39, 0.29) is 6.04 Å². The van der Waals surface area contributed by atoms with Gasteiger partial charge in [-0.2, -0.15) is 0 Å². The van der Waals surface area contributed by atoms with Crippen LogP contribution in [0.15, 0.2) is 0 Å². The maximum Gasteiger partial charge on any atom is 0.269 e. The van der Waals surface area contributed by atoms with Crippen molar-refractivity contribution < 1.29 is 13.8 Å². The van der Waals surface area contributed by atoms with Crippen molar-refractivity contribution in [2.75, 3.05) is 34.0 Å². The third-order valence-corrected chi connectivity index (χ3v) is 4.65. The highest BCUT2D eigenvalue weighted by molar-refractivity contribution is 7.55. The molecule has 0 radical (unpaired) electrons. The van der Waals surface area contributed by atoms with Gasteiger partial charge in [0.2, 0.25) is 0 Å². The number of methoxy groups -OCH3 is 1. The average Bonchev–Trinajstić information content (AvgIpc) is 2.54. The Morgan fingerprint density at radius 3 is 2.77 bits per heavy atom. The van der Waals surface area contributed by atoms with Crippen molar-refractivity contribution >= 4 is 7.52 Å². The Balaban J connectivity index is 2.62. The van der Waals surface area contributed by atoms with E-state index in [1.165, 1.54) is 7.11 Å². The molecule has 0 N–H and O–H groups in total. The standard InChI is InChI=1S/C8H18NO3P/c1-11-7-8-5-4-6-9(8)13(3,10)12-2/h8H,4-7H2,1-3H3/t8-,13?/m1/s1. The molecule has 78 valence electrons. The molecule has 0 aromatic carbocycles. The number of ether oxygens (including phenoxy) is 1. The number of hydrogen-bond acceptors (Lipinski definition) is 3. The van der Waals surface area contributed by atoms with Gasteiger partial charge in [-0.3, -0.25) is 4.57 Å². The van der Waals surface area contributed by atoms with Gasteiger partial charge in [-0.15, -0.1) is 0 Å². The van der Waals surface area contributed by atoms with Crippen LogP contribution in [0.2, 0.25) is 0 Å². The van der Waals surface area contributed by atoms with Crippen LogP contribution in [0.1, 0.15) is 12.8 Å². The maximum absolute atomic E-state index is 11.9. The van der Waals surface area contributed by atoms with E-state index in [0.29, 0.717) is 6.61 Å². The number of hydrogen-bond donors (Lipinski definition) is 0. The molecule has 0 amide bonds. The predicted molar refractivity (Wildman–Crippen MR) is 52.1 cm³/mol. The minimum Gasteiger partial charge on any atom is -0.383 e. The Morgan fingerprint density at radius 1 is 1.54 bits per heavy atom. The topological polar surface area (TPSA) is 38.8 Å². The van der Waals surface area contributed by atoms with Crippen LogP contribution in [-0.4, -0.2) is 44.7 Å². The first kappa shape index (κ1) is 11.2. The molecule has 1 heterocycles. The molecule has 0 aliphatic carbocycles. The molecule has 1 unspecified atom stereocenters. The Bertz CT molecular complexity index is 210. The fourth-order valence-corrected chi connectivity index (χ4v) is 3.26. The summed E-state index contributed by atoms with van der Waals surface area (Å²) in [6.45, 7) is 3.16. The first-order valence-corrected chi connectivity index (χ1v) is 6.53. The maximum atomic E-state index is 11.9. The lowest BCUT2D eigenvalue weighted by Crippen LogP contribution is -2.30. The summed E-state index contributed by atoms with van der Waals surface area (Å²) in [5.74, 6) is 0. The summed E-state index contributed by atoms with van der Waals surface area (Å²) in [6.07, 6.45) is 2.13. The lowest BCUT2D eigenvalue weighted by atomic mass is 10.2. The van der Waals surface area contributed by atoms with E-state index in [2.05, 4.69) is 0 Å². The minimum absolute atomic E-state index is 0.265. The van der Waals surface area contributed by atoms with Crippen LogP contribution in [0.25, 0.3) is 0 Å². The molecule has 5 heteroatoms. The second-order valence-electron chi connectivity index (χ2n) is 3.40. The van der Waals surface area contributed by atoms with Gasteiger partial charge in [0.05, 0.1) is 6.61 Å². The molecule has 1 aliphatic rings. The highest BCUT2D eigenvalue weighted by atomic mass is 31.2. The first-order chi connectivity index (χ1) is 6.11. The Labute approximate surface area is 79.7 Å². The van der Waals surface area contributed by atoms with Crippen LogP contribution in [-0.2, 0) is 13.8 Å². The van der Waals surface area contributed by atoms with E-state index in [0.717, 1.165) is 19.4 Å². The monoisotopic (exact) mass is 207 g/mol. The Hall–Kier alpha value is 0.110. The smallest absolute Gasteiger partial charge is 0.269 e. The highest BCUT2D eigenvalue weighted by Crippen LogP contribution is 2.50. The van der Waals surface area contributed by atoms with Gasteiger partial charge in [0.25, 0.3) is 7.52 Å². The molecule has 0 aromatic rings. The van der Waals surface area contributed by atoms with Crippen molar-refractivity contribution in [3.63, 3.8) is 0 Å². The SMILES string of the molecule is COC[C@H]1CCCN1P(C)(=O)OC. The summed E-state index contributed by atoms with van der Waals surface area (Å²) >= 11 is 0. The predicted octanol–water partition coefficient (Wildman–Crippen LogP) is 1.57. The van der Waals surface area contributed by atoms with Crippen LogP contribution < -0.4 is 0 Å². The van der Waals surface area contributed by atoms with Gasteiger partial charge in [0, 0.05) is 33.5 Å². The van der Waals surface area contributed by atoms with Crippen molar-refractivity contribution in [3.05, 3.63) is 0 Å². The van der Waals surface area contributed by atoms with Crippen LogP contribution in [0, 0.1) is 0 Å². The minimum atomic E-state index is -2.55. The van der Waals surface area contributed by atoms with Crippen molar-refractivity contribution in [2.24, 2.45) is 0 Å². The van der Waals surface area contributed by atoms with Crippen molar-refractivity contribution in [1.82, 2.24) is 4.67 Å². The van der Waals surface area contributed by atoms with Gasteiger partial charge in [-0.05, 0) is 12.8 Å².